The predicted molar refractivity (Wildman–Crippen MR) is 61.9 cm³/mol. The van der Waals surface area contributed by atoms with Crippen molar-refractivity contribution in [1.29, 1.82) is 5.26 Å². The SMILES string of the molecule is CCOC(=O)/C(C#N)=C1/N=C(OC)C=C(OC)N1. The average molecular weight is 251 g/mol. The summed E-state index contributed by atoms with van der Waals surface area (Å²) in [4.78, 5) is 15.5. The van der Waals surface area contributed by atoms with Gasteiger partial charge in [-0.3, -0.25) is 0 Å². The highest BCUT2D eigenvalue weighted by molar-refractivity contribution is 5.96. The van der Waals surface area contributed by atoms with Crippen LogP contribution in [0.2, 0.25) is 0 Å². The van der Waals surface area contributed by atoms with Crippen LogP contribution >= 0.6 is 0 Å². The zero-order valence-electron chi connectivity index (χ0n) is 10.3. The third kappa shape index (κ3) is 3.01. The second-order valence-corrected chi connectivity index (χ2v) is 3.05. The number of methoxy groups -OCH3 is 2. The Balaban J connectivity index is 3.14. The van der Waals surface area contributed by atoms with Gasteiger partial charge in [0.15, 0.2) is 17.3 Å². The van der Waals surface area contributed by atoms with E-state index in [9.17, 15) is 4.79 Å². The van der Waals surface area contributed by atoms with Crippen molar-refractivity contribution in [1.82, 2.24) is 5.32 Å². The van der Waals surface area contributed by atoms with Crippen LogP contribution in [0.25, 0.3) is 0 Å². The topological polar surface area (TPSA) is 92.9 Å². The average Bonchev–Trinajstić information content (AvgIpc) is 2.39. The molecule has 0 radical (unpaired) electrons. The fourth-order valence-electron chi connectivity index (χ4n) is 1.17. The number of carbonyl (C=O) groups is 1. The lowest BCUT2D eigenvalue weighted by atomic mass is 10.3. The quantitative estimate of drug-likeness (QED) is 0.444. The van der Waals surface area contributed by atoms with Crippen molar-refractivity contribution < 1.29 is 19.0 Å². The second kappa shape index (κ2) is 6.30. The fraction of sp³-hybridized carbons (Fsp3) is 0.364. The third-order valence-corrected chi connectivity index (χ3v) is 1.98. The Kier molecular flexibility index (Phi) is 4.75. The molecule has 0 saturated heterocycles. The van der Waals surface area contributed by atoms with E-state index in [1.165, 1.54) is 20.3 Å². The van der Waals surface area contributed by atoms with E-state index in [1.807, 2.05) is 0 Å². The highest BCUT2D eigenvalue weighted by atomic mass is 16.5. The highest BCUT2D eigenvalue weighted by Crippen LogP contribution is 2.13. The summed E-state index contributed by atoms with van der Waals surface area (Å²) in [5.74, 6) is -0.183. The first-order valence-electron chi connectivity index (χ1n) is 5.13. The van der Waals surface area contributed by atoms with E-state index in [4.69, 9.17) is 19.5 Å². The van der Waals surface area contributed by atoms with E-state index >= 15 is 0 Å². The van der Waals surface area contributed by atoms with Crippen LogP contribution in [0.1, 0.15) is 6.92 Å². The maximum Gasteiger partial charge on any atom is 0.352 e. The van der Waals surface area contributed by atoms with Gasteiger partial charge in [0.25, 0.3) is 0 Å². The molecule has 0 fully saturated rings. The summed E-state index contributed by atoms with van der Waals surface area (Å²) in [6.45, 7) is 1.82. The first-order chi connectivity index (χ1) is 8.65. The number of rotatable bonds is 3. The highest BCUT2D eigenvalue weighted by Gasteiger charge is 2.21. The summed E-state index contributed by atoms with van der Waals surface area (Å²) in [5, 5.41) is 11.7. The minimum atomic E-state index is -0.751. The monoisotopic (exact) mass is 251 g/mol. The van der Waals surface area contributed by atoms with Crippen LogP contribution in [0.4, 0.5) is 0 Å². The van der Waals surface area contributed by atoms with Crippen LogP contribution in [0, 0.1) is 11.3 Å². The van der Waals surface area contributed by atoms with Crippen molar-refractivity contribution in [2.45, 2.75) is 6.92 Å². The Hall–Kier alpha value is -2.49. The van der Waals surface area contributed by atoms with Crippen LogP contribution in [-0.4, -0.2) is 32.7 Å². The minimum Gasteiger partial charge on any atom is -0.482 e. The zero-order chi connectivity index (χ0) is 13.5. The number of hydrogen-bond acceptors (Lipinski definition) is 7. The molecule has 7 heteroatoms. The number of ether oxygens (including phenoxy) is 3. The van der Waals surface area contributed by atoms with Crippen LogP contribution < -0.4 is 5.32 Å². The lowest BCUT2D eigenvalue weighted by Gasteiger charge is -2.16. The molecule has 7 nitrogen and oxygen atoms in total. The Morgan fingerprint density at radius 3 is 2.72 bits per heavy atom. The first-order valence-corrected chi connectivity index (χ1v) is 5.13. The molecular formula is C11H13N3O4. The third-order valence-electron chi connectivity index (χ3n) is 1.98. The lowest BCUT2D eigenvalue weighted by molar-refractivity contribution is -0.138. The summed E-state index contributed by atoms with van der Waals surface area (Å²) >= 11 is 0. The Morgan fingerprint density at radius 2 is 2.22 bits per heavy atom. The molecule has 0 aromatic carbocycles. The van der Waals surface area contributed by atoms with E-state index in [-0.39, 0.29) is 23.9 Å². The molecule has 0 aliphatic carbocycles. The molecule has 1 aliphatic heterocycles. The van der Waals surface area contributed by atoms with Crippen molar-refractivity contribution in [3.05, 3.63) is 23.4 Å². The van der Waals surface area contributed by atoms with Crippen LogP contribution in [0.3, 0.4) is 0 Å². The largest absolute Gasteiger partial charge is 0.482 e. The molecular weight excluding hydrogens is 238 g/mol. The van der Waals surface area contributed by atoms with Crippen molar-refractivity contribution in [2.24, 2.45) is 4.99 Å². The van der Waals surface area contributed by atoms with Gasteiger partial charge in [0.1, 0.15) is 6.07 Å². The predicted octanol–water partition coefficient (Wildman–Crippen LogP) is 0.421. The number of nitrogens with one attached hydrogen (secondary N) is 1. The molecule has 1 rings (SSSR count). The molecule has 1 N–H and O–H groups in total. The molecule has 0 atom stereocenters. The van der Waals surface area contributed by atoms with Gasteiger partial charge in [0.05, 0.1) is 26.9 Å². The Morgan fingerprint density at radius 1 is 1.50 bits per heavy atom. The molecule has 0 spiro atoms. The minimum absolute atomic E-state index is 0.0344. The maximum absolute atomic E-state index is 11.6. The van der Waals surface area contributed by atoms with Crippen molar-refractivity contribution in [2.75, 3.05) is 20.8 Å². The number of nitriles is 1. The second-order valence-electron chi connectivity index (χ2n) is 3.05. The molecule has 0 aromatic heterocycles. The zero-order valence-corrected chi connectivity index (χ0v) is 10.3. The summed E-state index contributed by atoms with van der Waals surface area (Å²) in [6, 6.07) is 1.74. The van der Waals surface area contributed by atoms with Gasteiger partial charge in [-0.25, -0.2) is 4.79 Å². The van der Waals surface area contributed by atoms with E-state index in [0.717, 1.165) is 0 Å². The molecule has 0 unspecified atom stereocenters. The fourth-order valence-corrected chi connectivity index (χ4v) is 1.17. The summed E-state index contributed by atoms with van der Waals surface area (Å²) in [5.41, 5.74) is -0.242. The van der Waals surface area contributed by atoms with Crippen LogP contribution in [-0.2, 0) is 19.0 Å². The van der Waals surface area contributed by atoms with Gasteiger partial charge in [-0.15, -0.1) is 0 Å². The Labute approximate surface area is 104 Å². The van der Waals surface area contributed by atoms with Gasteiger partial charge in [0, 0.05) is 0 Å². The smallest absolute Gasteiger partial charge is 0.352 e. The van der Waals surface area contributed by atoms with Gasteiger partial charge in [-0.1, -0.05) is 0 Å². The standard InChI is InChI=1S/C11H13N3O4/c1-4-18-11(15)7(6-12)10-13-8(16-2)5-9(14-10)17-3/h5,13H,4H2,1-3H3/b10-7+. The van der Waals surface area contributed by atoms with Crippen molar-refractivity contribution in [3.8, 4) is 6.07 Å². The van der Waals surface area contributed by atoms with Crippen molar-refractivity contribution >= 4 is 11.9 Å². The number of esters is 1. The van der Waals surface area contributed by atoms with Gasteiger partial charge in [-0.2, -0.15) is 10.3 Å². The van der Waals surface area contributed by atoms with Crippen LogP contribution in [0.5, 0.6) is 0 Å². The van der Waals surface area contributed by atoms with E-state index < -0.39 is 5.97 Å². The Bertz CT molecular complexity index is 471. The number of nitrogens with zero attached hydrogens (tertiary/aromatic N) is 2. The molecule has 0 aromatic rings. The van der Waals surface area contributed by atoms with Gasteiger partial charge < -0.3 is 19.5 Å². The number of carbonyl (C=O) groups excluding carboxylic acids is 1. The van der Waals surface area contributed by atoms with E-state index in [1.54, 1.807) is 13.0 Å². The molecule has 18 heavy (non-hydrogen) atoms. The van der Waals surface area contributed by atoms with Gasteiger partial charge >= 0.3 is 5.97 Å². The van der Waals surface area contributed by atoms with Gasteiger partial charge in [0.2, 0.25) is 5.90 Å². The molecule has 96 valence electrons. The van der Waals surface area contributed by atoms with Crippen molar-refractivity contribution in [3.63, 3.8) is 0 Å². The first kappa shape index (κ1) is 13.6. The van der Waals surface area contributed by atoms with Gasteiger partial charge in [-0.05, 0) is 6.92 Å². The lowest BCUT2D eigenvalue weighted by Crippen LogP contribution is -2.24. The summed E-state index contributed by atoms with van der Waals surface area (Å²) < 4.78 is 14.7. The normalized spacial score (nSPS) is 16.6. The molecule has 0 bridgehead atoms. The molecule has 0 saturated carbocycles. The molecule has 1 heterocycles. The molecule has 0 amide bonds. The maximum atomic E-state index is 11.6. The molecule has 1 aliphatic rings. The van der Waals surface area contributed by atoms with Crippen LogP contribution in [0.15, 0.2) is 28.3 Å². The summed E-state index contributed by atoms with van der Waals surface area (Å²) in [7, 11) is 2.85. The van der Waals surface area contributed by atoms with E-state index in [0.29, 0.717) is 5.88 Å². The number of hydrogen-bond donors (Lipinski definition) is 1. The number of aliphatic imine (C=N–C) groups is 1. The summed E-state index contributed by atoms with van der Waals surface area (Å²) in [6.07, 6.45) is 1.49. The van der Waals surface area contributed by atoms with E-state index in [2.05, 4.69) is 10.3 Å².